The first-order valence-electron chi connectivity index (χ1n) is 6.05. The highest BCUT2D eigenvalue weighted by atomic mass is 19.1. The minimum absolute atomic E-state index is 0.0720. The monoisotopic (exact) mass is 289 g/mol. The van der Waals surface area contributed by atoms with Crippen LogP contribution in [0.5, 0.6) is 0 Å². The summed E-state index contributed by atoms with van der Waals surface area (Å²) in [7, 11) is 0. The number of benzene rings is 2. The van der Waals surface area contributed by atoms with Gasteiger partial charge in [-0.05, 0) is 18.2 Å². The van der Waals surface area contributed by atoms with Gasteiger partial charge in [0.1, 0.15) is 17.1 Å². The maximum absolute atomic E-state index is 13.4. The lowest BCUT2D eigenvalue weighted by Crippen LogP contribution is -2.24. The lowest BCUT2D eigenvalue weighted by molar-refractivity contribution is -0.384. The van der Waals surface area contributed by atoms with Crippen molar-refractivity contribution in [2.24, 2.45) is 0 Å². The Bertz CT molecular complexity index is 704. The number of nitrogens with zero attached hydrogens (tertiary/aromatic N) is 1. The molecular weight excluding hydrogens is 277 g/mol. The van der Waals surface area contributed by atoms with Crippen molar-refractivity contribution >= 4 is 17.3 Å². The fraction of sp³-hybridized carbons (Fsp3) is 0.0714. The highest BCUT2D eigenvalue weighted by Gasteiger charge is 2.22. The highest BCUT2D eigenvalue weighted by molar-refractivity contribution is 6.00. The van der Waals surface area contributed by atoms with Crippen molar-refractivity contribution in [1.82, 2.24) is 5.32 Å². The molecule has 0 aliphatic heterocycles. The molecule has 2 aromatic carbocycles. The van der Waals surface area contributed by atoms with E-state index in [4.69, 9.17) is 5.73 Å². The second-order valence-corrected chi connectivity index (χ2v) is 4.27. The van der Waals surface area contributed by atoms with E-state index in [0.717, 1.165) is 0 Å². The largest absolute Gasteiger partial charge is 0.393 e. The fourth-order valence-corrected chi connectivity index (χ4v) is 1.86. The van der Waals surface area contributed by atoms with E-state index in [2.05, 4.69) is 5.32 Å². The average Bonchev–Trinajstić information content (AvgIpc) is 2.45. The number of nitrogen functional groups attached to an aromatic ring is 1. The van der Waals surface area contributed by atoms with Gasteiger partial charge in [0.15, 0.2) is 0 Å². The van der Waals surface area contributed by atoms with Gasteiger partial charge in [0.25, 0.3) is 5.91 Å². The molecule has 0 aliphatic rings. The van der Waals surface area contributed by atoms with Gasteiger partial charge in [-0.3, -0.25) is 14.9 Å². The molecule has 2 rings (SSSR count). The summed E-state index contributed by atoms with van der Waals surface area (Å²) in [4.78, 5) is 22.3. The molecule has 0 unspecified atom stereocenters. The van der Waals surface area contributed by atoms with E-state index in [1.54, 1.807) is 6.07 Å². The number of nitro groups is 1. The first-order valence-corrected chi connectivity index (χ1v) is 6.05. The van der Waals surface area contributed by atoms with E-state index in [1.807, 2.05) is 0 Å². The van der Waals surface area contributed by atoms with Gasteiger partial charge in [0.05, 0.1) is 4.92 Å². The number of rotatable bonds is 4. The third-order valence-corrected chi connectivity index (χ3v) is 2.89. The minimum atomic E-state index is -0.715. The number of carbonyl (C=O) groups excluding carboxylic acids is 1. The summed E-state index contributed by atoms with van der Waals surface area (Å²) in [6, 6.07) is 10.0. The van der Waals surface area contributed by atoms with Crippen LogP contribution in [0.25, 0.3) is 0 Å². The third-order valence-electron chi connectivity index (χ3n) is 2.89. The van der Waals surface area contributed by atoms with Crippen LogP contribution in [0.3, 0.4) is 0 Å². The zero-order valence-electron chi connectivity index (χ0n) is 10.9. The SMILES string of the molecule is Nc1cccc(C(=O)NCc2ccccc2F)c1[N+](=O)[O-]. The van der Waals surface area contributed by atoms with Gasteiger partial charge < -0.3 is 11.1 Å². The van der Waals surface area contributed by atoms with Gasteiger partial charge in [-0.2, -0.15) is 0 Å². The first kappa shape index (κ1) is 14.4. The molecule has 6 nitrogen and oxygen atoms in total. The molecule has 0 bridgehead atoms. The normalized spacial score (nSPS) is 10.1. The predicted molar refractivity (Wildman–Crippen MR) is 75.1 cm³/mol. The Morgan fingerprint density at radius 1 is 1.24 bits per heavy atom. The Balaban J connectivity index is 2.20. The van der Waals surface area contributed by atoms with Gasteiger partial charge in [-0.15, -0.1) is 0 Å². The Morgan fingerprint density at radius 3 is 2.62 bits per heavy atom. The Labute approximate surface area is 119 Å². The lowest BCUT2D eigenvalue weighted by atomic mass is 10.1. The number of nitro benzene ring substituents is 1. The topological polar surface area (TPSA) is 98.3 Å². The number of carbonyl (C=O) groups is 1. The van der Waals surface area contributed by atoms with Crippen molar-refractivity contribution in [1.29, 1.82) is 0 Å². The molecule has 3 N–H and O–H groups in total. The number of hydrogen-bond acceptors (Lipinski definition) is 4. The van der Waals surface area contributed by atoms with Crippen LogP contribution < -0.4 is 11.1 Å². The first-order chi connectivity index (χ1) is 10.0. The molecule has 0 aromatic heterocycles. The summed E-state index contributed by atoms with van der Waals surface area (Å²) in [5.74, 6) is -1.14. The molecule has 0 heterocycles. The van der Waals surface area contributed by atoms with Crippen molar-refractivity contribution in [3.8, 4) is 0 Å². The van der Waals surface area contributed by atoms with Crippen LogP contribution in [0.1, 0.15) is 15.9 Å². The van der Waals surface area contributed by atoms with E-state index in [-0.39, 0.29) is 23.4 Å². The summed E-state index contributed by atoms with van der Waals surface area (Å²) in [6.45, 7) is -0.0720. The van der Waals surface area contributed by atoms with Gasteiger partial charge in [0, 0.05) is 12.1 Å². The predicted octanol–water partition coefficient (Wildman–Crippen LogP) is 2.25. The number of amides is 1. The van der Waals surface area contributed by atoms with Crippen LogP contribution in [0, 0.1) is 15.9 Å². The standard InChI is InChI=1S/C14H12FN3O3/c15-11-6-2-1-4-9(11)8-17-14(19)10-5-3-7-12(16)13(10)18(20)21/h1-7H,8,16H2,(H,17,19). The van der Waals surface area contributed by atoms with E-state index in [0.29, 0.717) is 0 Å². The van der Waals surface area contributed by atoms with Crippen LogP contribution in [-0.4, -0.2) is 10.8 Å². The molecule has 0 saturated carbocycles. The minimum Gasteiger partial charge on any atom is -0.393 e. The summed E-state index contributed by atoms with van der Waals surface area (Å²) >= 11 is 0. The quantitative estimate of drug-likeness (QED) is 0.512. The van der Waals surface area contributed by atoms with Crippen LogP contribution in [0.15, 0.2) is 42.5 Å². The molecule has 0 atom stereocenters. The van der Waals surface area contributed by atoms with Gasteiger partial charge in [-0.25, -0.2) is 4.39 Å². The zero-order valence-corrected chi connectivity index (χ0v) is 10.9. The number of nitrogens with two attached hydrogens (primary N) is 1. The average molecular weight is 289 g/mol. The van der Waals surface area contributed by atoms with E-state index >= 15 is 0 Å². The summed E-state index contributed by atoms with van der Waals surface area (Å²) in [6.07, 6.45) is 0. The van der Waals surface area contributed by atoms with E-state index in [1.165, 1.54) is 36.4 Å². The summed E-state index contributed by atoms with van der Waals surface area (Å²) in [5.41, 5.74) is 5.09. The van der Waals surface area contributed by atoms with Crippen molar-refractivity contribution in [2.45, 2.75) is 6.54 Å². The lowest BCUT2D eigenvalue weighted by Gasteiger charge is -2.07. The Morgan fingerprint density at radius 2 is 1.95 bits per heavy atom. The molecule has 0 saturated heterocycles. The van der Waals surface area contributed by atoms with Crippen LogP contribution in [0.2, 0.25) is 0 Å². The van der Waals surface area contributed by atoms with E-state index < -0.39 is 22.3 Å². The second-order valence-electron chi connectivity index (χ2n) is 4.27. The maximum Gasteiger partial charge on any atom is 0.304 e. The Kier molecular flexibility index (Phi) is 4.13. The molecule has 7 heteroatoms. The van der Waals surface area contributed by atoms with Crippen molar-refractivity contribution in [3.63, 3.8) is 0 Å². The molecular formula is C14H12FN3O3. The molecule has 0 spiro atoms. The molecule has 0 radical (unpaired) electrons. The number of anilines is 1. The number of para-hydroxylation sites is 1. The second kappa shape index (κ2) is 6.00. The molecule has 1 amide bonds. The number of hydrogen-bond donors (Lipinski definition) is 2. The molecule has 0 fully saturated rings. The summed E-state index contributed by atoms with van der Waals surface area (Å²) < 4.78 is 13.4. The van der Waals surface area contributed by atoms with Crippen molar-refractivity contribution in [3.05, 3.63) is 69.5 Å². The zero-order chi connectivity index (χ0) is 15.4. The third kappa shape index (κ3) is 3.14. The van der Waals surface area contributed by atoms with E-state index in [9.17, 15) is 19.3 Å². The molecule has 21 heavy (non-hydrogen) atoms. The smallest absolute Gasteiger partial charge is 0.304 e. The summed E-state index contributed by atoms with van der Waals surface area (Å²) in [5, 5.41) is 13.4. The maximum atomic E-state index is 13.4. The highest BCUT2D eigenvalue weighted by Crippen LogP contribution is 2.25. The molecule has 2 aromatic rings. The van der Waals surface area contributed by atoms with Crippen LogP contribution in [-0.2, 0) is 6.54 Å². The fourth-order valence-electron chi connectivity index (χ4n) is 1.86. The Hall–Kier alpha value is -2.96. The van der Waals surface area contributed by atoms with Gasteiger partial charge in [-0.1, -0.05) is 24.3 Å². The molecule has 108 valence electrons. The van der Waals surface area contributed by atoms with Gasteiger partial charge >= 0.3 is 5.69 Å². The number of nitrogens with one attached hydrogen (secondary N) is 1. The van der Waals surface area contributed by atoms with Crippen LogP contribution in [0.4, 0.5) is 15.8 Å². The number of halogens is 1. The van der Waals surface area contributed by atoms with Crippen molar-refractivity contribution < 1.29 is 14.1 Å². The molecule has 0 aliphatic carbocycles. The van der Waals surface area contributed by atoms with Gasteiger partial charge in [0.2, 0.25) is 0 Å². The van der Waals surface area contributed by atoms with Crippen LogP contribution >= 0.6 is 0 Å². The van der Waals surface area contributed by atoms with Crippen molar-refractivity contribution in [2.75, 3.05) is 5.73 Å².